The molecule has 88 valence electrons. The van der Waals surface area contributed by atoms with Crippen molar-refractivity contribution in [3.05, 3.63) is 23.9 Å². The van der Waals surface area contributed by atoms with Crippen molar-refractivity contribution >= 4 is 23.0 Å². The number of aromatic nitrogens is 1. The van der Waals surface area contributed by atoms with Crippen molar-refractivity contribution in [3.8, 4) is 0 Å². The number of nitrogens with two attached hydrogens (primary N) is 1. The van der Waals surface area contributed by atoms with E-state index in [1.54, 1.807) is 6.20 Å². The van der Waals surface area contributed by atoms with Gasteiger partial charge in [-0.25, -0.2) is 4.98 Å². The first-order chi connectivity index (χ1) is 7.63. The van der Waals surface area contributed by atoms with Crippen LogP contribution < -0.4 is 11.1 Å². The van der Waals surface area contributed by atoms with Crippen LogP contribution in [0.3, 0.4) is 0 Å². The second-order valence-corrected chi connectivity index (χ2v) is 4.06. The van der Waals surface area contributed by atoms with Crippen LogP contribution in [0.25, 0.3) is 0 Å². The molecule has 0 aliphatic heterocycles. The maximum Gasteiger partial charge on any atom is 0.126 e. The van der Waals surface area contributed by atoms with Gasteiger partial charge >= 0.3 is 0 Å². The van der Waals surface area contributed by atoms with Gasteiger partial charge < -0.3 is 16.0 Å². The third-order valence-electron chi connectivity index (χ3n) is 2.38. The molecule has 0 unspecified atom stereocenters. The lowest BCUT2D eigenvalue weighted by Crippen LogP contribution is -2.25. The Hall–Kier alpha value is -1.20. The van der Waals surface area contributed by atoms with Crippen LogP contribution in [0.1, 0.15) is 12.5 Å². The predicted molar refractivity (Wildman–Crippen MR) is 71.8 cm³/mol. The zero-order valence-electron chi connectivity index (χ0n) is 9.73. The molecule has 0 spiro atoms. The number of pyridine rings is 1. The van der Waals surface area contributed by atoms with Crippen LogP contribution in [0.15, 0.2) is 18.3 Å². The van der Waals surface area contributed by atoms with Gasteiger partial charge in [0.05, 0.1) is 0 Å². The van der Waals surface area contributed by atoms with Crippen LogP contribution in [-0.4, -0.2) is 41.6 Å². The van der Waals surface area contributed by atoms with Gasteiger partial charge in [0, 0.05) is 24.8 Å². The molecule has 1 aromatic heterocycles. The average Bonchev–Trinajstić information content (AvgIpc) is 2.29. The van der Waals surface area contributed by atoms with Crippen molar-refractivity contribution in [1.82, 2.24) is 9.88 Å². The monoisotopic (exact) mass is 238 g/mol. The summed E-state index contributed by atoms with van der Waals surface area (Å²) in [7, 11) is 2.08. The van der Waals surface area contributed by atoms with Gasteiger partial charge in [0.15, 0.2) is 0 Å². The molecule has 0 aromatic carbocycles. The molecule has 0 saturated carbocycles. The molecule has 0 bridgehead atoms. The smallest absolute Gasteiger partial charge is 0.126 e. The fourth-order valence-corrected chi connectivity index (χ4v) is 1.34. The standard InChI is InChI=1S/C11H18N4S/c1-3-15(2)7-6-14-10-8-9(11(12)16)4-5-13-10/h4-5,8H,3,6-7H2,1-2H3,(H2,12,16)(H,13,14). The molecule has 0 aliphatic rings. The fourth-order valence-electron chi connectivity index (χ4n) is 1.21. The Labute approximate surface area is 102 Å². The minimum Gasteiger partial charge on any atom is -0.389 e. The summed E-state index contributed by atoms with van der Waals surface area (Å²) in [6.45, 7) is 5.02. The molecule has 0 radical (unpaired) electrons. The second kappa shape index (κ2) is 6.40. The molecular formula is C11H18N4S. The molecule has 0 fully saturated rings. The summed E-state index contributed by atoms with van der Waals surface area (Å²) in [6.07, 6.45) is 1.71. The minimum absolute atomic E-state index is 0.399. The Morgan fingerprint density at radius 1 is 1.62 bits per heavy atom. The van der Waals surface area contributed by atoms with Crippen molar-refractivity contribution in [2.75, 3.05) is 32.0 Å². The third kappa shape index (κ3) is 4.12. The minimum atomic E-state index is 0.399. The van der Waals surface area contributed by atoms with Gasteiger partial charge in [-0.2, -0.15) is 0 Å². The van der Waals surface area contributed by atoms with E-state index in [1.165, 1.54) is 0 Å². The lowest BCUT2D eigenvalue weighted by atomic mass is 10.2. The number of hydrogen-bond acceptors (Lipinski definition) is 4. The highest BCUT2D eigenvalue weighted by molar-refractivity contribution is 7.80. The largest absolute Gasteiger partial charge is 0.389 e. The van der Waals surface area contributed by atoms with Crippen LogP contribution in [0.5, 0.6) is 0 Å². The Balaban J connectivity index is 2.48. The quantitative estimate of drug-likeness (QED) is 0.726. The van der Waals surface area contributed by atoms with Gasteiger partial charge in [0.1, 0.15) is 10.8 Å². The molecule has 0 aliphatic carbocycles. The Morgan fingerprint density at radius 2 is 2.38 bits per heavy atom. The highest BCUT2D eigenvalue weighted by atomic mass is 32.1. The molecule has 4 nitrogen and oxygen atoms in total. The molecule has 0 saturated heterocycles. The summed E-state index contributed by atoms with van der Waals surface area (Å²) in [5.74, 6) is 0.815. The molecule has 1 rings (SSSR count). The maximum atomic E-state index is 5.55. The topological polar surface area (TPSA) is 54.2 Å². The number of likely N-dealkylation sites (N-methyl/N-ethyl adjacent to an activating group) is 1. The van der Waals surface area contributed by atoms with Gasteiger partial charge in [-0.05, 0) is 25.7 Å². The number of nitrogens with one attached hydrogen (secondary N) is 1. The van der Waals surface area contributed by atoms with Crippen molar-refractivity contribution in [1.29, 1.82) is 0 Å². The summed E-state index contributed by atoms with van der Waals surface area (Å²) in [5, 5.41) is 3.24. The van der Waals surface area contributed by atoms with Crippen molar-refractivity contribution in [2.45, 2.75) is 6.92 Å². The molecule has 16 heavy (non-hydrogen) atoms. The first-order valence-corrected chi connectivity index (χ1v) is 5.72. The summed E-state index contributed by atoms with van der Waals surface area (Å²) in [5.41, 5.74) is 6.39. The summed E-state index contributed by atoms with van der Waals surface area (Å²) in [4.78, 5) is 6.83. The Bertz CT molecular complexity index is 354. The van der Waals surface area contributed by atoms with E-state index < -0.39 is 0 Å². The van der Waals surface area contributed by atoms with E-state index in [0.717, 1.165) is 31.0 Å². The van der Waals surface area contributed by atoms with Crippen molar-refractivity contribution < 1.29 is 0 Å². The van der Waals surface area contributed by atoms with E-state index in [4.69, 9.17) is 18.0 Å². The van der Waals surface area contributed by atoms with Crippen LogP contribution in [0.2, 0.25) is 0 Å². The van der Waals surface area contributed by atoms with E-state index in [-0.39, 0.29) is 0 Å². The Kier molecular flexibility index (Phi) is 5.14. The number of nitrogens with zero attached hydrogens (tertiary/aromatic N) is 2. The fraction of sp³-hybridized carbons (Fsp3) is 0.455. The van der Waals surface area contributed by atoms with E-state index in [1.807, 2.05) is 12.1 Å². The predicted octanol–water partition coefficient (Wildman–Crippen LogP) is 1.08. The van der Waals surface area contributed by atoms with Crippen LogP contribution in [0, 0.1) is 0 Å². The zero-order valence-corrected chi connectivity index (χ0v) is 10.5. The number of anilines is 1. The summed E-state index contributed by atoms with van der Waals surface area (Å²) in [6, 6.07) is 3.68. The number of hydrogen-bond donors (Lipinski definition) is 2. The maximum absolute atomic E-state index is 5.55. The van der Waals surface area contributed by atoms with Gasteiger partial charge in [-0.3, -0.25) is 0 Å². The lowest BCUT2D eigenvalue weighted by molar-refractivity contribution is 0.367. The van der Waals surface area contributed by atoms with Crippen LogP contribution in [0.4, 0.5) is 5.82 Å². The third-order valence-corrected chi connectivity index (χ3v) is 2.62. The highest BCUT2D eigenvalue weighted by Gasteiger charge is 1.99. The van der Waals surface area contributed by atoms with E-state index in [0.29, 0.717) is 4.99 Å². The van der Waals surface area contributed by atoms with E-state index in [9.17, 15) is 0 Å². The molecule has 1 heterocycles. The van der Waals surface area contributed by atoms with Gasteiger partial charge in [-0.1, -0.05) is 19.1 Å². The van der Waals surface area contributed by atoms with Crippen molar-refractivity contribution in [2.24, 2.45) is 5.73 Å². The van der Waals surface area contributed by atoms with E-state index >= 15 is 0 Å². The normalized spacial score (nSPS) is 10.4. The number of thiocarbonyl (C=S) groups is 1. The lowest BCUT2D eigenvalue weighted by Gasteiger charge is -2.14. The first-order valence-electron chi connectivity index (χ1n) is 5.31. The highest BCUT2D eigenvalue weighted by Crippen LogP contribution is 2.06. The van der Waals surface area contributed by atoms with Gasteiger partial charge in [0.2, 0.25) is 0 Å². The van der Waals surface area contributed by atoms with Gasteiger partial charge in [0.25, 0.3) is 0 Å². The van der Waals surface area contributed by atoms with Crippen molar-refractivity contribution in [3.63, 3.8) is 0 Å². The Morgan fingerprint density at radius 3 is 3.00 bits per heavy atom. The molecule has 5 heteroatoms. The second-order valence-electron chi connectivity index (χ2n) is 3.62. The first kappa shape index (κ1) is 12.9. The molecule has 0 atom stereocenters. The summed E-state index contributed by atoms with van der Waals surface area (Å²) >= 11 is 4.91. The number of rotatable bonds is 6. The molecule has 3 N–H and O–H groups in total. The summed E-state index contributed by atoms with van der Waals surface area (Å²) < 4.78 is 0. The average molecular weight is 238 g/mol. The van der Waals surface area contributed by atoms with Crippen LogP contribution in [-0.2, 0) is 0 Å². The van der Waals surface area contributed by atoms with Gasteiger partial charge in [-0.15, -0.1) is 0 Å². The molecule has 1 aromatic rings. The van der Waals surface area contributed by atoms with Crippen LogP contribution >= 0.6 is 12.2 Å². The zero-order chi connectivity index (χ0) is 12.0. The SMILES string of the molecule is CCN(C)CCNc1cc(C(N)=S)ccn1. The van der Waals surface area contributed by atoms with E-state index in [2.05, 4.69) is 29.2 Å². The molecule has 0 amide bonds. The molecular weight excluding hydrogens is 220 g/mol.